The Labute approximate surface area is 125 Å². The van der Waals surface area contributed by atoms with E-state index in [4.69, 9.17) is 0 Å². The second kappa shape index (κ2) is 5.58. The maximum atomic E-state index is 12.9. The van der Waals surface area contributed by atoms with Crippen LogP contribution in [0, 0.1) is 12.7 Å². The molecule has 1 atom stereocenters. The third-order valence-corrected chi connectivity index (χ3v) is 7.23. The van der Waals surface area contributed by atoms with Crippen molar-refractivity contribution < 1.29 is 12.8 Å². The Hall–Kier alpha value is -0.950. The lowest BCUT2D eigenvalue weighted by atomic mass is 10.2. The molecule has 0 spiro atoms. The fraction of sp³-hybridized carbons (Fsp3) is 0.143. The molecule has 100 valence electrons. The highest BCUT2D eigenvalue weighted by molar-refractivity contribution is 14.1. The van der Waals surface area contributed by atoms with E-state index in [1.807, 2.05) is 29.5 Å². The average Bonchev–Trinajstić information content (AvgIpc) is 2.39. The molecule has 2 nitrogen and oxygen atoms in total. The van der Waals surface area contributed by atoms with Gasteiger partial charge in [-0.05, 0) is 36.8 Å². The Balaban J connectivity index is 2.39. The Bertz CT molecular complexity index is 664. The first kappa shape index (κ1) is 14.5. The van der Waals surface area contributed by atoms with Crippen LogP contribution in [0.2, 0.25) is 0 Å². The van der Waals surface area contributed by atoms with E-state index < -0.39 is 13.1 Å². The van der Waals surface area contributed by atoms with Crippen molar-refractivity contribution in [2.75, 3.05) is 0 Å². The third-order valence-electron chi connectivity index (χ3n) is 2.75. The van der Waals surface area contributed by atoms with E-state index in [1.165, 1.54) is 24.3 Å². The highest BCUT2D eigenvalue weighted by atomic mass is 127. The maximum Gasteiger partial charge on any atom is 0.194 e. The van der Waals surface area contributed by atoms with E-state index in [-0.39, 0.29) is 10.7 Å². The first-order valence-corrected chi connectivity index (χ1v) is 8.40. The Morgan fingerprint density at radius 2 is 1.53 bits per heavy atom. The van der Waals surface area contributed by atoms with E-state index in [9.17, 15) is 12.8 Å². The number of alkyl halides is 1. The van der Waals surface area contributed by atoms with Crippen LogP contribution in [0.5, 0.6) is 0 Å². The van der Waals surface area contributed by atoms with Crippen LogP contribution >= 0.6 is 22.6 Å². The standard InChI is InChI=1S/C14H12FIO2S/c1-10-2-8-13(9-3-10)19(17,18)14(16)11-4-6-12(15)7-5-11/h2-9,14H,1H3. The zero-order valence-corrected chi connectivity index (χ0v) is 13.2. The first-order chi connectivity index (χ1) is 8.91. The van der Waals surface area contributed by atoms with E-state index in [2.05, 4.69) is 0 Å². The molecule has 2 aromatic carbocycles. The van der Waals surface area contributed by atoms with Crippen LogP contribution in [-0.4, -0.2) is 8.42 Å². The van der Waals surface area contributed by atoms with E-state index in [1.54, 1.807) is 24.3 Å². The second-order valence-corrected chi connectivity index (χ2v) is 8.35. The van der Waals surface area contributed by atoms with Gasteiger partial charge in [-0.3, -0.25) is 0 Å². The highest BCUT2D eigenvalue weighted by Gasteiger charge is 2.26. The van der Waals surface area contributed by atoms with Gasteiger partial charge in [-0.1, -0.05) is 52.4 Å². The van der Waals surface area contributed by atoms with Crippen molar-refractivity contribution in [1.82, 2.24) is 0 Å². The van der Waals surface area contributed by atoms with Crippen molar-refractivity contribution >= 4 is 32.4 Å². The Morgan fingerprint density at radius 1 is 1.00 bits per heavy atom. The molecule has 0 aliphatic carbocycles. The van der Waals surface area contributed by atoms with Crippen LogP contribution in [0.15, 0.2) is 53.4 Å². The summed E-state index contributed by atoms with van der Waals surface area (Å²) < 4.78 is 37.0. The van der Waals surface area contributed by atoms with Crippen LogP contribution in [0.4, 0.5) is 4.39 Å². The third kappa shape index (κ3) is 3.14. The molecule has 0 saturated carbocycles. The summed E-state index contributed by atoms with van der Waals surface area (Å²) >= 11 is 1.86. The van der Waals surface area contributed by atoms with Crippen LogP contribution in [0.3, 0.4) is 0 Å². The number of sulfone groups is 1. The molecule has 0 amide bonds. The Kier molecular flexibility index (Phi) is 4.25. The number of hydrogen-bond donors (Lipinski definition) is 0. The monoisotopic (exact) mass is 390 g/mol. The zero-order chi connectivity index (χ0) is 14.0. The summed E-state index contributed by atoms with van der Waals surface area (Å²) in [6.45, 7) is 1.90. The molecule has 5 heteroatoms. The number of hydrogen-bond acceptors (Lipinski definition) is 2. The molecule has 19 heavy (non-hydrogen) atoms. The second-order valence-electron chi connectivity index (χ2n) is 4.23. The molecular weight excluding hydrogens is 378 g/mol. The Morgan fingerprint density at radius 3 is 2.05 bits per heavy atom. The van der Waals surface area contributed by atoms with Crippen molar-refractivity contribution in [1.29, 1.82) is 0 Å². The molecule has 0 saturated heterocycles. The summed E-state index contributed by atoms with van der Waals surface area (Å²) in [5.41, 5.74) is 1.58. The zero-order valence-electron chi connectivity index (χ0n) is 10.2. The predicted molar refractivity (Wildman–Crippen MR) is 81.5 cm³/mol. The van der Waals surface area contributed by atoms with Gasteiger partial charge >= 0.3 is 0 Å². The molecule has 0 aliphatic rings. The molecule has 0 bridgehead atoms. The summed E-state index contributed by atoms with van der Waals surface area (Å²) in [4.78, 5) is 0.279. The van der Waals surface area contributed by atoms with Crippen LogP contribution in [-0.2, 0) is 9.84 Å². The summed E-state index contributed by atoms with van der Waals surface area (Å²) in [6, 6.07) is 12.3. The maximum absolute atomic E-state index is 12.9. The van der Waals surface area contributed by atoms with Gasteiger partial charge in [0, 0.05) is 0 Å². The van der Waals surface area contributed by atoms with Gasteiger partial charge in [0.15, 0.2) is 9.84 Å². The lowest BCUT2D eigenvalue weighted by Gasteiger charge is -2.12. The lowest BCUT2D eigenvalue weighted by Crippen LogP contribution is -2.08. The minimum atomic E-state index is -3.46. The smallest absolute Gasteiger partial charge is 0.194 e. The molecule has 2 rings (SSSR count). The van der Waals surface area contributed by atoms with Crippen LogP contribution in [0.1, 0.15) is 14.4 Å². The predicted octanol–water partition coefficient (Wildman–Crippen LogP) is 4.04. The van der Waals surface area contributed by atoms with E-state index in [0.717, 1.165) is 5.56 Å². The molecule has 0 radical (unpaired) electrons. The SMILES string of the molecule is Cc1ccc(S(=O)(=O)C(I)c2ccc(F)cc2)cc1. The molecule has 1 unspecified atom stereocenters. The normalized spacial score (nSPS) is 13.2. The van der Waals surface area contributed by atoms with Crippen LogP contribution in [0.25, 0.3) is 0 Å². The van der Waals surface area contributed by atoms with Crippen molar-refractivity contribution in [3.05, 3.63) is 65.5 Å². The van der Waals surface area contributed by atoms with Gasteiger partial charge in [-0.25, -0.2) is 12.8 Å². The van der Waals surface area contributed by atoms with Gasteiger partial charge in [0.25, 0.3) is 0 Å². The van der Waals surface area contributed by atoms with Crippen molar-refractivity contribution in [3.63, 3.8) is 0 Å². The van der Waals surface area contributed by atoms with Crippen molar-refractivity contribution in [3.8, 4) is 0 Å². The number of benzene rings is 2. The van der Waals surface area contributed by atoms with Gasteiger partial charge in [-0.15, -0.1) is 0 Å². The van der Waals surface area contributed by atoms with Gasteiger partial charge in [0.1, 0.15) is 9.07 Å². The molecule has 0 fully saturated rings. The molecule has 0 heterocycles. The summed E-state index contributed by atoms with van der Waals surface area (Å²) in [7, 11) is -3.46. The summed E-state index contributed by atoms with van der Waals surface area (Å²) in [6.07, 6.45) is 0. The fourth-order valence-electron chi connectivity index (χ4n) is 1.64. The van der Waals surface area contributed by atoms with Gasteiger partial charge in [0.2, 0.25) is 0 Å². The van der Waals surface area contributed by atoms with Crippen LogP contribution < -0.4 is 0 Å². The van der Waals surface area contributed by atoms with Gasteiger partial charge in [0.05, 0.1) is 4.90 Å². The van der Waals surface area contributed by atoms with Gasteiger partial charge < -0.3 is 0 Å². The highest BCUT2D eigenvalue weighted by Crippen LogP contribution is 2.34. The summed E-state index contributed by atoms with van der Waals surface area (Å²) in [5, 5.41) is 0. The molecule has 0 aromatic heterocycles. The topological polar surface area (TPSA) is 34.1 Å². The van der Waals surface area contributed by atoms with Gasteiger partial charge in [-0.2, -0.15) is 0 Å². The van der Waals surface area contributed by atoms with E-state index >= 15 is 0 Å². The number of rotatable bonds is 3. The average molecular weight is 390 g/mol. The quantitative estimate of drug-likeness (QED) is 0.586. The van der Waals surface area contributed by atoms with Crippen molar-refractivity contribution in [2.45, 2.75) is 15.1 Å². The molecular formula is C14H12FIO2S. The first-order valence-electron chi connectivity index (χ1n) is 5.61. The van der Waals surface area contributed by atoms with E-state index in [0.29, 0.717) is 5.56 Å². The fourth-order valence-corrected chi connectivity index (χ4v) is 4.21. The number of halogens is 2. The minimum absolute atomic E-state index is 0.279. The summed E-state index contributed by atoms with van der Waals surface area (Å²) in [5.74, 6) is -0.375. The van der Waals surface area contributed by atoms with Crippen molar-refractivity contribution in [2.24, 2.45) is 0 Å². The lowest BCUT2D eigenvalue weighted by molar-refractivity contribution is 0.595. The largest absolute Gasteiger partial charge is 0.222 e. The minimum Gasteiger partial charge on any atom is -0.222 e. The molecule has 0 N–H and O–H groups in total. The molecule has 0 aliphatic heterocycles. The molecule has 2 aromatic rings. The number of aryl methyl sites for hydroxylation is 1.